The third kappa shape index (κ3) is 3.28. The minimum Gasteiger partial charge on any atom is -0.267 e. The summed E-state index contributed by atoms with van der Waals surface area (Å²) in [6.07, 6.45) is 0.371. The number of hydrogen-bond donors (Lipinski definition) is 0. The van der Waals surface area contributed by atoms with Gasteiger partial charge in [-0.15, -0.1) is 10.2 Å². The van der Waals surface area contributed by atoms with Crippen LogP contribution in [0, 0.1) is 17.1 Å². The van der Waals surface area contributed by atoms with Gasteiger partial charge in [0.15, 0.2) is 11.0 Å². The van der Waals surface area contributed by atoms with Gasteiger partial charge in [0.05, 0.1) is 16.8 Å². The van der Waals surface area contributed by atoms with Gasteiger partial charge in [0, 0.05) is 17.7 Å². The van der Waals surface area contributed by atoms with Crippen LogP contribution in [0.15, 0.2) is 53.7 Å². The molecule has 0 saturated carbocycles. The van der Waals surface area contributed by atoms with Gasteiger partial charge >= 0.3 is 0 Å². The summed E-state index contributed by atoms with van der Waals surface area (Å²) < 4.78 is 16.0. The third-order valence-corrected chi connectivity index (χ3v) is 4.55. The molecule has 0 aliphatic carbocycles. The molecular weight excluding hydrogens is 347 g/mol. The molecule has 0 N–H and O–H groups in total. The molecule has 120 valence electrons. The second-order valence-corrected chi connectivity index (χ2v) is 6.30. The lowest BCUT2D eigenvalue weighted by Gasteiger charge is -2.11. The molecule has 0 radical (unpaired) electrons. The van der Waals surface area contributed by atoms with Crippen LogP contribution in [-0.4, -0.2) is 20.5 Å². The van der Waals surface area contributed by atoms with Gasteiger partial charge in [0.25, 0.3) is 0 Å². The van der Waals surface area contributed by atoms with E-state index in [-0.39, 0.29) is 5.82 Å². The van der Waals surface area contributed by atoms with Gasteiger partial charge in [-0.05, 0) is 24.3 Å². The Balaban J connectivity index is 2.15. The van der Waals surface area contributed by atoms with Crippen LogP contribution in [0.1, 0.15) is 6.42 Å². The minimum atomic E-state index is -0.382. The second kappa shape index (κ2) is 7.47. The molecule has 3 aromatic rings. The highest BCUT2D eigenvalue weighted by molar-refractivity contribution is 7.99. The summed E-state index contributed by atoms with van der Waals surface area (Å²) in [7, 11) is 0. The van der Waals surface area contributed by atoms with E-state index < -0.39 is 0 Å². The maximum absolute atomic E-state index is 14.3. The van der Waals surface area contributed by atoms with E-state index in [4.69, 9.17) is 16.9 Å². The van der Waals surface area contributed by atoms with Gasteiger partial charge in [-0.3, -0.25) is 4.57 Å². The molecule has 1 heterocycles. The number of aromatic nitrogens is 3. The molecule has 4 nitrogen and oxygen atoms in total. The van der Waals surface area contributed by atoms with Crippen LogP contribution in [-0.2, 0) is 0 Å². The Hall–Kier alpha value is -2.36. The minimum absolute atomic E-state index is 0.344. The van der Waals surface area contributed by atoms with Crippen molar-refractivity contribution < 1.29 is 4.39 Å². The summed E-state index contributed by atoms with van der Waals surface area (Å²) in [5.41, 5.74) is 1.01. The van der Waals surface area contributed by atoms with Crippen LogP contribution in [0.25, 0.3) is 17.1 Å². The largest absolute Gasteiger partial charge is 0.267 e. The van der Waals surface area contributed by atoms with Crippen LogP contribution >= 0.6 is 23.4 Å². The lowest BCUT2D eigenvalue weighted by molar-refractivity contribution is 0.613. The maximum Gasteiger partial charge on any atom is 0.196 e. The van der Waals surface area contributed by atoms with Crippen molar-refractivity contribution in [3.8, 4) is 23.1 Å². The van der Waals surface area contributed by atoms with Crippen LogP contribution in [0.2, 0.25) is 5.02 Å². The smallest absolute Gasteiger partial charge is 0.196 e. The number of nitriles is 1. The van der Waals surface area contributed by atoms with Gasteiger partial charge in [0.1, 0.15) is 5.82 Å². The monoisotopic (exact) mass is 358 g/mol. The van der Waals surface area contributed by atoms with Crippen LogP contribution in [0.3, 0.4) is 0 Å². The van der Waals surface area contributed by atoms with Crippen molar-refractivity contribution in [2.24, 2.45) is 0 Å². The summed E-state index contributed by atoms with van der Waals surface area (Å²) in [5.74, 6) is 0.629. The Morgan fingerprint density at radius 3 is 2.62 bits per heavy atom. The molecule has 0 aliphatic rings. The van der Waals surface area contributed by atoms with E-state index in [1.54, 1.807) is 28.8 Å². The summed E-state index contributed by atoms with van der Waals surface area (Å²) >= 11 is 7.62. The van der Waals surface area contributed by atoms with Crippen molar-refractivity contribution in [2.75, 3.05) is 5.75 Å². The highest BCUT2D eigenvalue weighted by atomic mass is 35.5. The zero-order valence-corrected chi connectivity index (χ0v) is 14.1. The summed E-state index contributed by atoms with van der Waals surface area (Å²) in [6.45, 7) is 0. The van der Waals surface area contributed by atoms with Gasteiger partial charge < -0.3 is 0 Å². The lowest BCUT2D eigenvalue weighted by Crippen LogP contribution is -2.02. The van der Waals surface area contributed by atoms with Crippen molar-refractivity contribution in [1.29, 1.82) is 5.26 Å². The molecule has 0 atom stereocenters. The van der Waals surface area contributed by atoms with E-state index in [1.807, 2.05) is 18.2 Å². The number of hydrogen-bond acceptors (Lipinski definition) is 4. The van der Waals surface area contributed by atoms with E-state index in [2.05, 4.69) is 16.3 Å². The summed E-state index contributed by atoms with van der Waals surface area (Å²) in [6, 6.07) is 15.7. The first-order valence-corrected chi connectivity index (χ1v) is 8.53. The molecule has 24 heavy (non-hydrogen) atoms. The van der Waals surface area contributed by atoms with Crippen molar-refractivity contribution >= 4 is 23.4 Å². The lowest BCUT2D eigenvalue weighted by atomic mass is 10.2. The highest BCUT2D eigenvalue weighted by Gasteiger charge is 2.19. The van der Waals surface area contributed by atoms with Crippen LogP contribution in [0.4, 0.5) is 4.39 Å². The normalized spacial score (nSPS) is 10.5. The molecule has 0 saturated heterocycles. The molecule has 7 heteroatoms. The van der Waals surface area contributed by atoms with Crippen molar-refractivity contribution in [3.05, 3.63) is 59.4 Å². The standard InChI is InChI=1S/C17H12ClFN4S/c18-13-7-2-1-6-12(13)16-21-22-17(24-11-5-10-20)23(16)15-9-4-3-8-14(15)19/h1-4,6-9H,5,11H2. The van der Waals surface area contributed by atoms with E-state index in [9.17, 15) is 4.39 Å². The van der Waals surface area contributed by atoms with Gasteiger partial charge in [-0.1, -0.05) is 47.6 Å². The zero-order valence-electron chi connectivity index (χ0n) is 12.5. The molecule has 2 aromatic carbocycles. The molecule has 0 spiro atoms. The molecule has 0 fully saturated rings. The van der Waals surface area contributed by atoms with E-state index in [0.29, 0.717) is 39.4 Å². The highest BCUT2D eigenvalue weighted by Crippen LogP contribution is 2.32. The maximum atomic E-state index is 14.3. The average molecular weight is 359 g/mol. The number of thioether (sulfide) groups is 1. The molecule has 1 aromatic heterocycles. The van der Waals surface area contributed by atoms with Crippen LogP contribution in [0.5, 0.6) is 0 Å². The summed E-state index contributed by atoms with van der Waals surface area (Å²) in [4.78, 5) is 0. The SMILES string of the molecule is N#CCCSc1nnc(-c2ccccc2Cl)n1-c1ccccc1F. The summed E-state index contributed by atoms with van der Waals surface area (Å²) in [5, 5.41) is 18.1. The van der Waals surface area contributed by atoms with E-state index >= 15 is 0 Å². The molecule has 3 rings (SSSR count). The van der Waals surface area contributed by atoms with E-state index in [1.165, 1.54) is 17.8 Å². The van der Waals surface area contributed by atoms with Crippen molar-refractivity contribution in [3.63, 3.8) is 0 Å². The van der Waals surface area contributed by atoms with Gasteiger partial charge in [0.2, 0.25) is 0 Å². The topological polar surface area (TPSA) is 54.5 Å². The first kappa shape index (κ1) is 16.5. The van der Waals surface area contributed by atoms with Gasteiger partial charge in [-0.2, -0.15) is 5.26 Å². The number of benzene rings is 2. The first-order valence-electron chi connectivity index (χ1n) is 7.17. The first-order chi connectivity index (χ1) is 11.7. The quantitative estimate of drug-likeness (QED) is 0.488. The predicted octanol–water partition coefficient (Wildman–Crippen LogP) is 4.73. The number of nitrogens with zero attached hydrogens (tertiary/aromatic N) is 4. The van der Waals surface area contributed by atoms with Crippen molar-refractivity contribution in [1.82, 2.24) is 14.8 Å². The zero-order chi connectivity index (χ0) is 16.9. The predicted molar refractivity (Wildman–Crippen MR) is 92.7 cm³/mol. The second-order valence-electron chi connectivity index (χ2n) is 4.83. The molecule has 0 unspecified atom stereocenters. The fourth-order valence-electron chi connectivity index (χ4n) is 2.22. The Kier molecular flexibility index (Phi) is 5.14. The van der Waals surface area contributed by atoms with Crippen molar-refractivity contribution in [2.45, 2.75) is 11.6 Å². The molecule has 0 bridgehead atoms. The number of rotatable bonds is 5. The molecular formula is C17H12ClFN4S. The Morgan fingerprint density at radius 2 is 1.88 bits per heavy atom. The third-order valence-electron chi connectivity index (χ3n) is 3.29. The Bertz CT molecular complexity index is 904. The number of halogens is 2. The fourth-order valence-corrected chi connectivity index (χ4v) is 3.23. The fraction of sp³-hybridized carbons (Fsp3) is 0.118. The Morgan fingerprint density at radius 1 is 1.12 bits per heavy atom. The van der Waals surface area contributed by atoms with Crippen LogP contribution < -0.4 is 0 Å². The molecule has 0 amide bonds. The average Bonchev–Trinajstić information content (AvgIpc) is 2.99. The molecule has 0 aliphatic heterocycles. The Labute approximate surface area is 147 Å². The van der Waals surface area contributed by atoms with E-state index in [0.717, 1.165) is 0 Å². The number of para-hydroxylation sites is 1. The van der Waals surface area contributed by atoms with Gasteiger partial charge in [-0.25, -0.2) is 4.39 Å².